The molecule has 0 saturated carbocycles. The molecule has 0 aromatic heterocycles. The third-order valence-electron chi connectivity index (χ3n) is 5.27. The Hall–Kier alpha value is -2.06. The van der Waals surface area contributed by atoms with Crippen LogP contribution >= 0.6 is 0 Å². The third kappa shape index (κ3) is 10.5. The monoisotopic (exact) mass is 451 g/mol. The van der Waals surface area contributed by atoms with E-state index in [1.807, 2.05) is 30.3 Å². The highest BCUT2D eigenvalue weighted by Crippen LogP contribution is 2.22. The number of ether oxygens (including phenoxy) is 1. The molecule has 0 heterocycles. The Bertz CT molecular complexity index is 774. The molecule has 0 fully saturated rings. The zero-order chi connectivity index (χ0) is 23.2. The molecule has 7 heteroatoms. The quantitative estimate of drug-likeness (QED) is 0.227. The van der Waals surface area contributed by atoms with Crippen molar-refractivity contribution in [2.45, 2.75) is 63.7 Å². The number of nitrogens with one attached hydrogen (secondary N) is 1. The second-order valence-electron chi connectivity index (χ2n) is 8.10. The first-order chi connectivity index (χ1) is 15.4. The molecule has 0 bridgehead atoms. The summed E-state index contributed by atoms with van der Waals surface area (Å²) in [5, 5.41) is 31.9. The van der Waals surface area contributed by atoms with Crippen molar-refractivity contribution in [3.05, 3.63) is 65.2 Å². The molecule has 0 aliphatic carbocycles. The van der Waals surface area contributed by atoms with E-state index < -0.39 is 18.8 Å². The molecule has 0 radical (unpaired) electrons. The lowest BCUT2D eigenvalue weighted by Gasteiger charge is -2.16. The van der Waals surface area contributed by atoms with Gasteiger partial charge in [-0.15, -0.1) is 0 Å². The molecule has 0 aliphatic rings. The van der Waals surface area contributed by atoms with Crippen molar-refractivity contribution in [2.24, 2.45) is 0 Å². The Morgan fingerprint density at radius 2 is 1.72 bits per heavy atom. The molecular formula is C25H35F2NO4. The SMILES string of the molecule is OCc1cc(CC(O)NCCCCCCOCC(F)(F)CCc2ccccc2)ccc1O. The van der Waals surface area contributed by atoms with E-state index in [2.05, 4.69) is 5.32 Å². The van der Waals surface area contributed by atoms with Gasteiger partial charge in [-0.25, -0.2) is 8.78 Å². The summed E-state index contributed by atoms with van der Waals surface area (Å²) in [6, 6.07) is 14.2. The van der Waals surface area contributed by atoms with Gasteiger partial charge in [0.25, 0.3) is 5.92 Å². The van der Waals surface area contributed by atoms with Crippen LogP contribution in [0.3, 0.4) is 0 Å². The molecule has 2 aromatic carbocycles. The molecule has 2 aromatic rings. The number of hydrogen-bond acceptors (Lipinski definition) is 5. The standard InChI is InChI=1S/C25H35F2NO4/c26-25(27,13-12-20-8-4-3-5-9-20)19-32-15-7-2-1-6-14-28-24(31)17-21-10-11-23(30)22(16-21)18-29/h3-5,8-11,16,24,28-31H,1-2,6-7,12-15,17-19H2. The second-order valence-corrected chi connectivity index (χ2v) is 8.10. The summed E-state index contributed by atoms with van der Waals surface area (Å²) in [5.74, 6) is -2.77. The largest absolute Gasteiger partial charge is 0.508 e. The molecule has 5 nitrogen and oxygen atoms in total. The predicted octanol–water partition coefficient (Wildman–Crippen LogP) is 4.18. The van der Waals surface area contributed by atoms with E-state index in [9.17, 15) is 24.1 Å². The van der Waals surface area contributed by atoms with E-state index in [-0.39, 0.29) is 18.8 Å². The summed E-state index contributed by atoms with van der Waals surface area (Å²) in [7, 11) is 0. The van der Waals surface area contributed by atoms with Gasteiger partial charge in [-0.1, -0.05) is 49.2 Å². The van der Waals surface area contributed by atoms with Crippen molar-refractivity contribution < 1.29 is 28.8 Å². The van der Waals surface area contributed by atoms with E-state index in [1.54, 1.807) is 12.1 Å². The van der Waals surface area contributed by atoms with Crippen molar-refractivity contribution in [1.29, 1.82) is 0 Å². The first kappa shape index (κ1) is 26.2. The van der Waals surface area contributed by atoms with Crippen molar-refractivity contribution in [1.82, 2.24) is 5.32 Å². The van der Waals surface area contributed by atoms with Gasteiger partial charge in [0.1, 0.15) is 18.6 Å². The van der Waals surface area contributed by atoms with Crippen LogP contribution in [0.5, 0.6) is 5.75 Å². The zero-order valence-electron chi connectivity index (χ0n) is 18.5. The summed E-state index contributed by atoms with van der Waals surface area (Å²) >= 11 is 0. The Morgan fingerprint density at radius 1 is 0.969 bits per heavy atom. The van der Waals surface area contributed by atoms with Crippen LogP contribution in [0.15, 0.2) is 48.5 Å². The molecule has 0 aliphatic heterocycles. The smallest absolute Gasteiger partial charge is 0.271 e. The van der Waals surface area contributed by atoms with Crippen molar-refractivity contribution in [3.63, 3.8) is 0 Å². The Labute approximate surface area is 189 Å². The topological polar surface area (TPSA) is 82.0 Å². The molecule has 1 unspecified atom stereocenters. The lowest BCUT2D eigenvalue weighted by Crippen LogP contribution is -2.31. The average Bonchev–Trinajstić information content (AvgIpc) is 2.78. The number of halogens is 2. The highest BCUT2D eigenvalue weighted by atomic mass is 19.3. The molecule has 4 N–H and O–H groups in total. The predicted molar refractivity (Wildman–Crippen MR) is 121 cm³/mol. The molecule has 32 heavy (non-hydrogen) atoms. The summed E-state index contributed by atoms with van der Waals surface area (Å²) in [6.07, 6.45) is 3.18. The van der Waals surface area contributed by atoms with Crippen LogP contribution in [0.2, 0.25) is 0 Å². The number of aliphatic hydroxyl groups is 2. The van der Waals surface area contributed by atoms with Gasteiger partial charge < -0.3 is 20.1 Å². The van der Waals surface area contributed by atoms with Crippen molar-refractivity contribution >= 4 is 0 Å². The van der Waals surface area contributed by atoms with Gasteiger partial charge in [0.15, 0.2) is 0 Å². The maximum Gasteiger partial charge on any atom is 0.271 e. The third-order valence-corrected chi connectivity index (χ3v) is 5.27. The number of rotatable bonds is 16. The van der Waals surface area contributed by atoms with Crippen LogP contribution < -0.4 is 5.32 Å². The van der Waals surface area contributed by atoms with Crippen LogP contribution in [0, 0.1) is 0 Å². The minimum atomic E-state index is -2.81. The highest BCUT2D eigenvalue weighted by Gasteiger charge is 2.28. The molecule has 0 amide bonds. The zero-order valence-corrected chi connectivity index (χ0v) is 18.5. The van der Waals surface area contributed by atoms with Gasteiger partial charge in [-0.3, -0.25) is 5.32 Å². The normalized spacial score (nSPS) is 12.8. The molecule has 0 saturated heterocycles. The van der Waals surface area contributed by atoms with Gasteiger partial charge in [0.2, 0.25) is 0 Å². The van der Waals surface area contributed by atoms with Crippen molar-refractivity contribution in [3.8, 4) is 5.75 Å². The van der Waals surface area contributed by atoms with Crippen LogP contribution in [-0.2, 0) is 24.2 Å². The number of benzene rings is 2. The number of alkyl halides is 2. The molecule has 178 valence electrons. The van der Waals surface area contributed by atoms with E-state index >= 15 is 0 Å². The number of unbranched alkanes of at least 4 members (excludes halogenated alkanes) is 3. The Kier molecular flexibility index (Phi) is 11.6. The summed E-state index contributed by atoms with van der Waals surface area (Å²) in [4.78, 5) is 0. The van der Waals surface area contributed by atoms with Crippen LogP contribution in [-0.4, -0.2) is 47.2 Å². The number of aliphatic hydroxyl groups excluding tert-OH is 2. The van der Waals surface area contributed by atoms with E-state index in [4.69, 9.17) is 4.74 Å². The van der Waals surface area contributed by atoms with E-state index in [0.29, 0.717) is 31.6 Å². The van der Waals surface area contributed by atoms with Crippen molar-refractivity contribution in [2.75, 3.05) is 19.8 Å². The fourth-order valence-corrected chi connectivity index (χ4v) is 3.40. The first-order valence-electron chi connectivity index (χ1n) is 11.2. The fourth-order valence-electron chi connectivity index (χ4n) is 3.40. The molecule has 0 spiro atoms. The lowest BCUT2D eigenvalue weighted by atomic mass is 10.1. The summed E-state index contributed by atoms with van der Waals surface area (Å²) in [6.45, 7) is 0.177. The first-order valence-corrected chi connectivity index (χ1v) is 11.2. The van der Waals surface area contributed by atoms with E-state index in [1.165, 1.54) is 6.07 Å². The number of hydrogen-bond donors (Lipinski definition) is 4. The number of aryl methyl sites for hydroxylation is 1. The lowest BCUT2D eigenvalue weighted by molar-refractivity contribution is -0.0822. The van der Waals surface area contributed by atoms with Crippen LogP contribution in [0.4, 0.5) is 8.78 Å². The number of aromatic hydroxyl groups is 1. The fraction of sp³-hybridized carbons (Fsp3) is 0.520. The minimum absolute atomic E-state index is 0.0404. The maximum atomic E-state index is 13.9. The van der Waals surface area contributed by atoms with Gasteiger partial charge in [0, 0.05) is 25.0 Å². The van der Waals surface area contributed by atoms with Crippen LogP contribution in [0.1, 0.15) is 48.8 Å². The van der Waals surface area contributed by atoms with Crippen LogP contribution in [0.25, 0.3) is 0 Å². The summed E-state index contributed by atoms with van der Waals surface area (Å²) < 4.78 is 33.0. The molecule has 2 rings (SSSR count). The van der Waals surface area contributed by atoms with Gasteiger partial charge >= 0.3 is 0 Å². The molecular weight excluding hydrogens is 416 g/mol. The van der Waals surface area contributed by atoms with Gasteiger partial charge in [-0.05, 0) is 49.1 Å². The number of phenols is 1. The second kappa shape index (κ2) is 14.2. The Morgan fingerprint density at radius 3 is 2.47 bits per heavy atom. The minimum Gasteiger partial charge on any atom is -0.508 e. The summed E-state index contributed by atoms with van der Waals surface area (Å²) in [5.41, 5.74) is 2.17. The maximum absolute atomic E-state index is 13.9. The van der Waals surface area contributed by atoms with Gasteiger partial charge in [-0.2, -0.15) is 0 Å². The average molecular weight is 452 g/mol. The molecule has 1 atom stereocenters. The van der Waals surface area contributed by atoms with Gasteiger partial charge in [0.05, 0.1) is 6.61 Å². The van der Waals surface area contributed by atoms with E-state index in [0.717, 1.165) is 36.8 Å². The highest BCUT2D eigenvalue weighted by molar-refractivity contribution is 5.35. The Balaban J connectivity index is 1.47.